The van der Waals surface area contributed by atoms with Crippen molar-refractivity contribution in [2.24, 2.45) is 0 Å². The summed E-state index contributed by atoms with van der Waals surface area (Å²) in [5.41, 5.74) is 4.54. The number of rotatable bonds is 8. The lowest BCUT2D eigenvalue weighted by atomic mass is 10.0. The third kappa shape index (κ3) is 5.76. The van der Waals surface area contributed by atoms with Crippen molar-refractivity contribution in [2.75, 3.05) is 5.32 Å². The minimum absolute atomic E-state index is 0.0447. The summed E-state index contributed by atoms with van der Waals surface area (Å²) in [5.74, 6) is -0.183. The third-order valence-corrected chi connectivity index (χ3v) is 5.95. The molecule has 0 spiro atoms. The van der Waals surface area contributed by atoms with Gasteiger partial charge in [0.05, 0.1) is 17.5 Å². The second-order valence-electron chi connectivity index (χ2n) is 8.72. The number of hydrogen-bond donors (Lipinski definition) is 3. The molecule has 190 valence electrons. The first-order valence-electron chi connectivity index (χ1n) is 11.8. The highest BCUT2D eigenvalue weighted by Crippen LogP contribution is 2.24. The molecule has 38 heavy (non-hydrogen) atoms. The van der Waals surface area contributed by atoms with Crippen molar-refractivity contribution in [1.29, 1.82) is 0 Å². The maximum absolute atomic E-state index is 12.8. The molecule has 10 heteroatoms. The van der Waals surface area contributed by atoms with Crippen LogP contribution in [-0.2, 0) is 19.5 Å². The zero-order valence-electron chi connectivity index (χ0n) is 20.1. The number of carbonyl (C=O) groups excluding carboxylic acids is 1. The van der Waals surface area contributed by atoms with Gasteiger partial charge in [0.15, 0.2) is 11.4 Å². The Labute approximate surface area is 216 Å². The lowest BCUT2D eigenvalue weighted by molar-refractivity contribution is 0.0950. The highest BCUT2D eigenvalue weighted by molar-refractivity contribution is 5.96. The number of amides is 2. The van der Waals surface area contributed by atoms with E-state index in [0.717, 1.165) is 22.3 Å². The Kier molecular flexibility index (Phi) is 6.94. The van der Waals surface area contributed by atoms with Crippen LogP contribution < -0.4 is 16.2 Å². The summed E-state index contributed by atoms with van der Waals surface area (Å²) in [6.07, 6.45) is 4.36. The predicted molar refractivity (Wildman–Crippen MR) is 140 cm³/mol. The summed E-state index contributed by atoms with van der Waals surface area (Å²) in [6, 6.07) is 20.0. The molecule has 0 saturated carbocycles. The number of anilines is 1. The number of aromatic nitrogens is 3. The SMILES string of the molecule is O=C(O)Nc1noc2ccc(CNC(=O)c3cncc(Cc4ccc(Cn5ccccc5=O)cc4)c3)cc12. The van der Waals surface area contributed by atoms with Gasteiger partial charge in [0.25, 0.3) is 11.5 Å². The van der Waals surface area contributed by atoms with E-state index in [9.17, 15) is 14.4 Å². The molecule has 2 aromatic carbocycles. The summed E-state index contributed by atoms with van der Waals surface area (Å²) in [6.45, 7) is 0.723. The second kappa shape index (κ2) is 10.8. The quantitative estimate of drug-likeness (QED) is 0.287. The molecule has 2 amide bonds. The lowest BCUT2D eigenvalue weighted by Gasteiger charge is -2.09. The number of nitrogens with one attached hydrogen (secondary N) is 2. The van der Waals surface area contributed by atoms with E-state index in [4.69, 9.17) is 9.63 Å². The highest BCUT2D eigenvalue weighted by Gasteiger charge is 2.12. The Hall–Kier alpha value is -5.25. The van der Waals surface area contributed by atoms with Crippen LogP contribution in [0.1, 0.15) is 32.6 Å². The molecular weight excluding hydrogens is 486 g/mol. The first kappa shape index (κ1) is 24.4. The first-order chi connectivity index (χ1) is 18.4. The van der Waals surface area contributed by atoms with Crippen LogP contribution in [0.15, 0.2) is 94.6 Å². The molecule has 0 bridgehead atoms. The molecular formula is C28H23N5O5. The van der Waals surface area contributed by atoms with E-state index in [-0.39, 0.29) is 23.8 Å². The van der Waals surface area contributed by atoms with Crippen molar-refractivity contribution >= 4 is 28.8 Å². The smallest absolute Gasteiger partial charge is 0.410 e. The number of pyridine rings is 2. The van der Waals surface area contributed by atoms with Crippen LogP contribution in [0, 0.1) is 0 Å². The number of benzene rings is 2. The molecule has 3 heterocycles. The normalized spacial score (nSPS) is 10.8. The van der Waals surface area contributed by atoms with Crippen LogP contribution in [-0.4, -0.2) is 31.8 Å². The van der Waals surface area contributed by atoms with E-state index in [1.807, 2.05) is 30.3 Å². The number of carbonyl (C=O) groups is 2. The van der Waals surface area contributed by atoms with Gasteiger partial charge < -0.3 is 19.5 Å². The van der Waals surface area contributed by atoms with Crippen LogP contribution in [0.4, 0.5) is 10.6 Å². The van der Waals surface area contributed by atoms with Gasteiger partial charge in [-0.15, -0.1) is 0 Å². The zero-order valence-corrected chi connectivity index (χ0v) is 20.1. The topological polar surface area (TPSA) is 139 Å². The molecule has 0 aliphatic carbocycles. The summed E-state index contributed by atoms with van der Waals surface area (Å²) in [7, 11) is 0. The molecule has 0 aliphatic heterocycles. The Bertz CT molecular complexity index is 1670. The molecule has 0 radical (unpaired) electrons. The van der Waals surface area contributed by atoms with Crippen LogP contribution in [0.2, 0.25) is 0 Å². The van der Waals surface area contributed by atoms with Crippen LogP contribution in [0.25, 0.3) is 11.0 Å². The van der Waals surface area contributed by atoms with Gasteiger partial charge in [-0.3, -0.25) is 19.9 Å². The van der Waals surface area contributed by atoms with Crippen molar-refractivity contribution in [3.8, 4) is 0 Å². The van der Waals surface area contributed by atoms with Gasteiger partial charge in [-0.05, 0) is 52.9 Å². The lowest BCUT2D eigenvalue weighted by Crippen LogP contribution is -2.23. The van der Waals surface area contributed by atoms with E-state index in [2.05, 4.69) is 20.8 Å². The van der Waals surface area contributed by atoms with E-state index in [1.54, 1.807) is 47.3 Å². The number of carboxylic acid groups (broad SMARTS) is 1. The molecule has 5 aromatic rings. The molecule has 5 rings (SSSR count). The third-order valence-electron chi connectivity index (χ3n) is 5.95. The molecule has 0 fully saturated rings. The number of fused-ring (bicyclic) bond motifs is 1. The Morgan fingerprint density at radius 2 is 1.71 bits per heavy atom. The standard InChI is InChI=1S/C28H23N5O5/c34-25-3-1-2-10-33(25)17-19-6-4-18(5-7-19)11-21-12-22(16-29-14-21)27(35)30-15-20-8-9-24-23(13-20)26(32-38-24)31-28(36)37/h1-10,12-14,16H,11,15,17H2,(H,30,35)(H,31,32)(H,36,37). The van der Waals surface area contributed by atoms with Gasteiger partial charge in [0, 0.05) is 31.2 Å². The van der Waals surface area contributed by atoms with Gasteiger partial charge in [0.1, 0.15) is 0 Å². The average Bonchev–Trinajstić information content (AvgIpc) is 3.31. The number of nitrogens with zero attached hydrogens (tertiary/aromatic N) is 3. The van der Waals surface area contributed by atoms with E-state index in [1.165, 1.54) is 12.3 Å². The molecule has 0 unspecified atom stereocenters. The molecule has 0 saturated heterocycles. The zero-order chi connectivity index (χ0) is 26.5. The fraction of sp³-hybridized carbons (Fsp3) is 0.107. The molecule has 3 aromatic heterocycles. The largest absolute Gasteiger partial charge is 0.465 e. The minimum atomic E-state index is -1.24. The van der Waals surface area contributed by atoms with Crippen molar-refractivity contribution < 1.29 is 19.2 Å². The summed E-state index contributed by atoms with van der Waals surface area (Å²) in [5, 5.41) is 18.2. The van der Waals surface area contributed by atoms with Crippen LogP contribution in [0.5, 0.6) is 0 Å². The monoisotopic (exact) mass is 509 g/mol. The summed E-state index contributed by atoms with van der Waals surface area (Å²) in [4.78, 5) is 39.9. The van der Waals surface area contributed by atoms with E-state index < -0.39 is 6.09 Å². The Morgan fingerprint density at radius 3 is 2.50 bits per heavy atom. The molecule has 0 aliphatic rings. The highest BCUT2D eigenvalue weighted by atomic mass is 16.5. The van der Waals surface area contributed by atoms with Gasteiger partial charge in [-0.1, -0.05) is 41.6 Å². The predicted octanol–water partition coefficient (Wildman–Crippen LogP) is 4.04. The fourth-order valence-corrected chi connectivity index (χ4v) is 4.07. The molecule has 3 N–H and O–H groups in total. The average molecular weight is 510 g/mol. The van der Waals surface area contributed by atoms with Crippen molar-refractivity contribution in [3.63, 3.8) is 0 Å². The Balaban J connectivity index is 1.21. The van der Waals surface area contributed by atoms with E-state index >= 15 is 0 Å². The summed E-state index contributed by atoms with van der Waals surface area (Å²) >= 11 is 0. The van der Waals surface area contributed by atoms with Crippen molar-refractivity contribution in [3.05, 3.63) is 123 Å². The van der Waals surface area contributed by atoms with Gasteiger partial charge in [-0.2, -0.15) is 0 Å². The van der Waals surface area contributed by atoms with Crippen LogP contribution >= 0.6 is 0 Å². The van der Waals surface area contributed by atoms with E-state index in [0.29, 0.717) is 29.5 Å². The molecule has 0 atom stereocenters. The van der Waals surface area contributed by atoms with Gasteiger partial charge in [0.2, 0.25) is 0 Å². The van der Waals surface area contributed by atoms with Crippen molar-refractivity contribution in [1.82, 2.24) is 20.0 Å². The minimum Gasteiger partial charge on any atom is -0.465 e. The first-order valence-corrected chi connectivity index (χ1v) is 11.8. The Morgan fingerprint density at radius 1 is 0.921 bits per heavy atom. The number of hydrogen-bond acceptors (Lipinski definition) is 6. The maximum atomic E-state index is 12.8. The summed E-state index contributed by atoms with van der Waals surface area (Å²) < 4.78 is 6.76. The maximum Gasteiger partial charge on any atom is 0.410 e. The van der Waals surface area contributed by atoms with Crippen molar-refractivity contribution in [2.45, 2.75) is 19.5 Å². The molecule has 10 nitrogen and oxygen atoms in total. The second-order valence-corrected chi connectivity index (χ2v) is 8.72. The van der Waals surface area contributed by atoms with Crippen LogP contribution in [0.3, 0.4) is 0 Å². The fourth-order valence-electron chi connectivity index (χ4n) is 4.07. The van der Waals surface area contributed by atoms with Gasteiger partial charge >= 0.3 is 6.09 Å². The van der Waals surface area contributed by atoms with Gasteiger partial charge in [-0.25, -0.2) is 4.79 Å².